The van der Waals surface area contributed by atoms with Gasteiger partial charge in [-0.2, -0.15) is 4.98 Å². The first kappa shape index (κ1) is 23.6. The summed E-state index contributed by atoms with van der Waals surface area (Å²) in [4.78, 5) is 13.2. The second kappa shape index (κ2) is 9.87. The highest BCUT2D eigenvalue weighted by atomic mass is 32.2. The van der Waals surface area contributed by atoms with Crippen molar-refractivity contribution in [1.82, 2.24) is 25.0 Å². The second-order valence-electron chi connectivity index (χ2n) is 8.13. The number of hydrogen-bond acceptors (Lipinski definition) is 9. The molecule has 36 heavy (non-hydrogen) atoms. The van der Waals surface area contributed by atoms with Crippen LogP contribution in [0.4, 0.5) is 16.0 Å². The highest BCUT2D eigenvalue weighted by molar-refractivity contribution is 7.89. The highest BCUT2D eigenvalue weighted by Gasteiger charge is 2.20. The third-order valence-electron chi connectivity index (χ3n) is 5.71. The smallest absolute Gasteiger partial charge is 0.238 e. The molecule has 1 saturated heterocycles. The van der Waals surface area contributed by atoms with E-state index in [1.54, 1.807) is 42.7 Å². The van der Waals surface area contributed by atoms with E-state index in [1.807, 2.05) is 0 Å². The lowest BCUT2D eigenvalue weighted by atomic mass is 10.2. The third-order valence-corrected chi connectivity index (χ3v) is 6.64. The minimum atomic E-state index is -3.76. The minimum Gasteiger partial charge on any atom is -0.471 e. The molecule has 0 amide bonds. The van der Waals surface area contributed by atoms with Crippen LogP contribution in [0, 0.1) is 5.82 Å². The number of anilines is 2. The molecule has 0 unspecified atom stereocenters. The molecule has 11 nitrogen and oxygen atoms in total. The average Bonchev–Trinajstić information content (AvgIpc) is 3.37. The molecule has 2 aromatic heterocycles. The standard InChI is InChI=1S/C23H23FN8O3S/c24-17-1-3-19(4-2-17)30-11-13-31(14-12-30)23-26-10-9-22(27-23)35-16-18-15-32(29-28-18)20-5-7-21(8-6-20)36(25,33)34/h1-10,15H,11-14,16H2,(H2,25,33,34). The monoisotopic (exact) mass is 510 g/mol. The number of rotatable bonds is 7. The summed E-state index contributed by atoms with van der Waals surface area (Å²) in [6.45, 7) is 3.12. The van der Waals surface area contributed by atoms with Crippen molar-refractivity contribution in [2.45, 2.75) is 11.5 Å². The van der Waals surface area contributed by atoms with E-state index in [2.05, 4.69) is 30.1 Å². The van der Waals surface area contributed by atoms with E-state index in [0.29, 0.717) is 23.2 Å². The lowest BCUT2D eigenvalue weighted by Gasteiger charge is -2.36. The third kappa shape index (κ3) is 5.42. The van der Waals surface area contributed by atoms with Crippen molar-refractivity contribution in [3.05, 3.63) is 78.5 Å². The number of ether oxygens (including phenoxy) is 1. The van der Waals surface area contributed by atoms with Gasteiger partial charge in [0.15, 0.2) is 0 Å². The van der Waals surface area contributed by atoms with Gasteiger partial charge in [-0.1, -0.05) is 5.21 Å². The van der Waals surface area contributed by atoms with Gasteiger partial charge in [-0.05, 0) is 48.5 Å². The highest BCUT2D eigenvalue weighted by Crippen LogP contribution is 2.20. The second-order valence-corrected chi connectivity index (χ2v) is 9.69. The first-order valence-corrected chi connectivity index (χ1v) is 12.7. The van der Waals surface area contributed by atoms with Crippen LogP contribution in [0.5, 0.6) is 5.88 Å². The molecule has 0 bridgehead atoms. The van der Waals surface area contributed by atoms with Crippen LogP contribution in [0.2, 0.25) is 0 Å². The van der Waals surface area contributed by atoms with Crippen LogP contribution in [0.1, 0.15) is 5.69 Å². The molecule has 2 N–H and O–H groups in total. The van der Waals surface area contributed by atoms with Gasteiger partial charge in [0.25, 0.3) is 0 Å². The molecule has 0 spiro atoms. The number of nitrogens with zero attached hydrogens (tertiary/aromatic N) is 7. The molecular formula is C23H23FN8O3S. The quantitative estimate of drug-likeness (QED) is 0.395. The van der Waals surface area contributed by atoms with Crippen LogP contribution in [-0.2, 0) is 16.6 Å². The summed E-state index contributed by atoms with van der Waals surface area (Å²) >= 11 is 0. The number of nitrogens with two attached hydrogens (primary N) is 1. The van der Waals surface area contributed by atoms with Gasteiger partial charge in [-0.3, -0.25) is 0 Å². The number of hydrogen-bond donors (Lipinski definition) is 1. The van der Waals surface area contributed by atoms with Crippen LogP contribution in [0.3, 0.4) is 0 Å². The molecule has 13 heteroatoms. The topological polar surface area (TPSA) is 132 Å². The summed E-state index contributed by atoms with van der Waals surface area (Å²) in [5, 5.41) is 13.3. The van der Waals surface area contributed by atoms with Gasteiger partial charge in [-0.25, -0.2) is 27.6 Å². The maximum atomic E-state index is 13.2. The minimum absolute atomic E-state index is 0.0198. The van der Waals surface area contributed by atoms with Gasteiger partial charge in [0.05, 0.1) is 16.8 Å². The number of halogens is 1. The van der Waals surface area contributed by atoms with Crippen molar-refractivity contribution >= 4 is 21.7 Å². The fourth-order valence-electron chi connectivity index (χ4n) is 3.81. The fraction of sp³-hybridized carbons (Fsp3) is 0.217. The average molecular weight is 511 g/mol. The Hall–Kier alpha value is -4.10. The maximum absolute atomic E-state index is 13.2. The number of aromatic nitrogens is 5. The Morgan fingerprint density at radius 3 is 2.28 bits per heavy atom. The normalized spacial score (nSPS) is 14.2. The lowest BCUT2D eigenvalue weighted by Crippen LogP contribution is -2.47. The molecule has 1 aliphatic heterocycles. The van der Waals surface area contributed by atoms with Gasteiger partial charge in [-0.15, -0.1) is 5.10 Å². The van der Waals surface area contributed by atoms with Gasteiger partial charge >= 0.3 is 0 Å². The summed E-state index contributed by atoms with van der Waals surface area (Å²) in [6, 6.07) is 14.2. The van der Waals surface area contributed by atoms with E-state index in [4.69, 9.17) is 9.88 Å². The van der Waals surface area contributed by atoms with Gasteiger partial charge in [0.2, 0.25) is 21.9 Å². The Morgan fingerprint density at radius 1 is 0.917 bits per heavy atom. The molecule has 5 rings (SSSR count). The van der Waals surface area contributed by atoms with Crippen LogP contribution in [0.25, 0.3) is 5.69 Å². The first-order chi connectivity index (χ1) is 17.3. The van der Waals surface area contributed by atoms with Crippen molar-refractivity contribution < 1.29 is 17.5 Å². The Morgan fingerprint density at radius 2 is 1.58 bits per heavy atom. The predicted molar refractivity (Wildman–Crippen MR) is 130 cm³/mol. The molecule has 2 aromatic carbocycles. The lowest BCUT2D eigenvalue weighted by molar-refractivity contribution is 0.288. The van der Waals surface area contributed by atoms with Crippen molar-refractivity contribution in [2.75, 3.05) is 36.0 Å². The van der Waals surface area contributed by atoms with Gasteiger partial charge in [0, 0.05) is 44.1 Å². The molecular weight excluding hydrogens is 487 g/mol. The first-order valence-electron chi connectivity index (χ1n) is 11.1. The number of sulfonamides is 1. The summed E-state index contributed by atoms with van der Waals surface area (Å²) in [5.41, 5.74) is 2.19. The summed E-state index contributed by atoms with van der Waals surface area (Å²) in [7, 11) is -3.76. The Balaban J connectivity index is 1.18. The molecule has 4 aromatic rings. The molecule has 186 valence electrons. The Kier molecular flexibility index (Phi) is 6.48. The Labute approximate surface area is 207 Å². The summed E-state index contributed by atoms with van der Waals surface area (Å²) in [6.07, 6.45) is 3.33. The molecule has 0 radical (unpaired) electrons. The zero-order chi connectivity index (χ0) is 25.1. The summed E-state index contributed by atoms with van der Waals surface area (Å²) < 4.78 is 43.3. The largest absolute Gasteiger partial charge is 0.471 e. The predicted octanol–water partition coefficient (Wildman–Crippen LogP) is 1.75. The number of piperazine rings is 1. The zero-order valence-corrected chi connectivity index (χ0v) is 19.9. The van der Waals surface area contributed by atoms with Crippen molar-refractivity contribution in [2.24, 2.45) is 5.14 Å². The van der Waals surface area contributed by atoms with Crippen LogP contribution < -0.4 is 19.7 Å². The van der Waals surface area contributed by atoms with Crippen LogP contribution >= 0.6 is 0 Å². The molecule has 3 heterocycles. The maximum Gasteiger partial charge on any atom is 0.238 e. The van der Waals surface area contributed by atoms with E-state index in [-0.39, 0.29) is 17.3 Å². The molecule has 1 fully saturated rings. The van der Waals surface area contributed by atoms with E-state index >= 15 is 0 Å². The van der Waals surface area contributed by atoms with Gasteiger partial charge < -0.3 is 14.5 Å². The molecule has 0 saturated carbocycles. The van der Waals surface area contributed by atoms with E-state index in [9.17, 15) is 12.8 Å². The van der Waals surface area contributed by atoms with Crippen molar-refractivity contribution in [1.29, 1.82) is 0 Å². The summed E-state index contributed by atoms with van der Waals surface area (Å²) in [5.74, 6) is 0.738. The van der Waals surface area contributed by atoms with E-state index < -0.39 is 10.0 Å². The fourth-order valence-corrected chi connectivity index (χ4v) is 4.32. The van der Waals surface area contributed by atoms with E-state index in [1.165, 1.54) is 28.9 Å². The molecule has 0 aliphatic carbocycles. The van der Waals surface area contributed by atoms with E-state index in [0.717, 1.165) is 31.9 Å². The van der Waals surface area contributed by atoms with Crippen molar-refractivity contribution in [3.8, 4) is 11.6 Å². The van der Waals surface area contributed by atoms with Gasteiger partial charge in [0.1, 0.15) is 18.1 Å². The number of benzene rings is 2. The zero-order valence-electron chi connectivity index (χ0n) is 19.1. The SMILES string of the molecule is NS(=O)(=O)c1ccc(-n2cc(COc3ccnc(N4CCN(c5ccc(F)cc5)CC4)n3)nn2)cc1. The number of primary sulfonamides is 1. The molecule has 0 atom stereocenters. The molecule has 1 aliphatic rings. The van der Waals surface area contributed by atoms with Crippen molar-refractivity contribution in [3.63, 3.8) is 0 Å². The van der Waals surface area contributed by atoms with Crippen LogP contribution in [-0.4, -0.2) is 59.6 Å². The van der Waals surface area contributed by atoms with Crippen LogP contribution in [0.15, 0.2) is 71.9 Å². The Bertz CT molecular complexity index is 1440.